The van der Waals surface area contributed by atoms with E-state index in [0.29, 0.717) is 5.69 Å². The van der Waals surface area contributed by atoms with Gasteiger partial charge < -0.3 is 9.80 Å². The number of piperazine rings is 1. The lowest BCUT2D eigenvalue weighted by atomic mass is 10.1. The third-order valence-corrected chi connectivity index (χ3v) is 5.14. The number of aromatic nitrogens is 2. The smallest absolute Gasteiger partial charge is 0.292 e. The Balaban J connectivity index is 1.45. The number of aryl methyl sites for hydroxylation is 1. The number of nitrogens with zero attached hydrogens (tertiary/aromatic N) is 4. The molecule has 2 aliphatic rings. The average molecular weight is 352 g/mol. The van der Waals surface area contributed by atoms with Gasteiger partial charge in [-0.3, -0.25) is 9.59 Å². The lowest BCUT2D eigenvalue weighted by Gasteiger charge is -2.34. The first-order chi connectivity index (χ1) is 12.6. The van der Waals surface area contributed by atoms with Gasteiger partial charge in [0.05, 0.1) is 38.3 Å². The van der Waals surface area contributed by atoms with Crippen LogP contribution in [0.2, 0.25) is 0 Å². The molecule has 134 valence electrons. The van der Waals surface area contributed by atoms with Crippen molar-refractivity contribution in [3.63, 3.8) is 0 Å². The molecule has 3 heterocycles. The predicted molar refractivity (Wildman–Crippen MR) is 97.0 cm³/mol. The van der Waals surface area contributed by atoms with Crippen molar-refractivity contribution in [1.29, 1.82) is 0 Å². The number of carbonyl (C=O) groups is 2. The fraction of sp³-hybridized carbons (Fsp3) is 0.368. The van der Waals surface area contributed by atoms with E-state index in [1.54, 1.807) is 18.5 Å². The van der Waals surface area contributed by atoms with Gasteiger partial charge in [-0.2, -0.15) is 0 Å². The van der Waals surface area contributed by atoms with Crippen LogP contribution >= 0.6 is 0 Å². The number of amides is 2. The fourth-order valence-corrected chi connectivity index (χ4v) is 3.79. The molecule has 26 heavy (non-hydrogen) atoms. The quantitative estimate of drug-likeness (QED) is 0.776. The molecular weight excluding hydrogens is 330 g/mol. The molecule has 0 aliphatic carbocycles. The summed E-state index contributed by atoms with van der Waals surface area (Å²) >= 11 is 0. The maximum absolute atomic E-state index is 12.9. The Morgan fingerprint density at radius 2 is 1.81 bits per heavy atom. The predicted octanol–water partition coefficient (Wildman–Crippen LogP) is -0.178. The molecule has 1 aromatic heterocycles. The van der Waals surface area contributed by atoms with Crippen LogP contribution in [0.1, 0.15) is 12.0 Å². The molecule has 2 aliphatic heterocycles. The van der Waals surface area contributed by atoms with Gasteiger partial charge in [-0.15, -0.1) is 0 Å². The van der Waals surface area contributed by atoms with Crippen molar-refractivity contribution in [3.8, 4) is 0 Å². The first kappa shape index (κ1) is 16.7. The van der Waals surface area contributed by atoms with Crippen molar-refractivity contribution < 1.29 is 14.5 Å². The van der Waals surface area contributed by atoms with Crippen LogP contribution in [0.5, 0.6) is 0 Å². The summed E-state index contributed by atoms with van der Waals surface area (Å²) in [7, 11) is 0. The third-order valence-electron chi connectivity index (χ3n) is 5.14. The Labute approximate surface area is 152 Å². The first-order valence-electron chi connectivity index (χ1n) is 8.93. The zero-order valence-electron chi connectivity index (χ0n) is 14.8. The fourth-order valence-electron chi connectivity index (χ4n) is 3.79. The Hall–Kier alpha value is -2.80. The maximum atomic E-state index is 12.9. The lowest BCUT2D eigenvalue weighted by Crippen LogP contribution is -3.19. The summed E-state index contributed by atoms with van der Waals surface area (Å²) in [5.41, 5.74) is 1.72. The Bertz CT molecular complexity index is 818. The number of benzene rings is 1. The average Bonchev–Trinajstić information content (AvgIpc) is 2.97. The summed E-state index contributed by atoms with van der Waals surface area (Å²) in [6, 6.07) is 9.06. The van der Waals surface area contributed by atoms with Gasteiger partial charge in [-0.05, 0) is 30.7 Å². The minimum Gasteiger partial charge on any atom is -0.330 e. The number of anilines is 2. The van der Waals surface area contributed by atoms with Gasteiger partial charge in [0.1, 0.15) is 0 Å². The van der Waals surface area contributed by atoms with Crippen molar-refractivity contribution in [2.75, 3.05) is 36.0 Å². The SMILES string of the molecule is Cc1cccc(N2C(=O)C[C@@H]([NH+]3CCN(c4ncccn4)CC3)C2=O)c1. The number of nitrogens with one attached hydrogen (secondary N) is 1. The molecule has 4 rings (SSSR count). The van der Waals surface area contributed by atoms with Crippen LogP contribution in [0.25, 0.3) is 0 Å². The van der Waals surface area contributed by atoms with Crippen molar-refractivity contribution in [2.45, 2.75) is 19.4 Å². The van der Waals surface area contributed by atoms with E-state index in [0.717, 1.165) is 37.7 Å². The molecule has 1 atom stereocenters. The number of imide groups is 1. The number of hydrogen-bond donors (Lipinski definition) is 1. The number of quaternary nitrogens is 1. The van der Waals surface area contributed by atoms with Crippen LogP contribution in [0.3, 0.4) is 0 Å². The van der Waals surface area contributed by atoms with E-state index in [2.05, 4.69) is 14.9 Å². The molecule has 2 fully saturated rings. The Kier molecular flexibility index (Phi) is 4.38. The molecular formula is C19H22N5O2+. The first-order valence-corrected chi connectivity index (χ1v) is 8.93. The van der Waals surface area contributed by atoms with Gasteiger partial charge in [0.25, 0.3) is 5.91 Å². The molecule has 1 aromatic carbocycles. The Morgan fingerprint density at radius 3 is 2.50 bits per heavy atom. The van der Waals surface area contributed by atoms with Crippen LogP contribution in [0, 0.1) is 6.92 Å². The summed E-state index contributed by atoms with van der Waals surface area (Å²) in [5, 5.41) is 0. The number of hydrogen-bond acceptors (Lipinski definition) is 5. The summed E-state index contributed by atoms with van der Waals surface area (Å²) in [6.07, 6.45) is 3.75. The molecule has 0 bridgehead atoms. The largest absolute Gasteiger partial charge is 0.330 e. The van der Waals surface area contributed by atoms with E-state index < -0.39 is 0 Å². The maximum Gasteiger partial charge on any atom is 0.292 e. The number of rotatable bonds is 3. The molecule has 7 nitrogen and oxygen atoms in total. The van der Waals surface area contributed by atoms with E-state index in [1.807, 2.05) is 31.2 Å². The van der Waals surface area contributed by atoms with Crippen LogP contribution in [-0.4, -0.2) is 54.0 Å². The van der Waals surface area contributed by atoms with Gasteiger partial charge in [0.2, 0.25) is 11.9 Å². The van der Waals surface area contributed by atoms with Crippen molar-refractivity contribution in [1.82, 2.24) is 9.97 Å². The monoisotopic (exact) mass is 352 g/mol. The summed E-state index contributed by atoms with van der Waals surface area (Å²) in [6.45, 7) is 5.11. The molecule has 0 radical (unpaired) electrons. The normalized spacial score (nSPS) is 21.5. The molecule has 1 N–H and O–H groups in total. The van der Waals surface area contributed by atoms with Crippen LogP contribution in [-0.2, 0) is 9.59 Å². The number of carbonyl (C=O) groups excluding carboxylic acids is 2. The van der Waals surface area contributed by atoms with Gasteiger partial charge in [0, 0.05) is 12.4 Å². The van der Waals surface area contributed by atoms with E-state index >= 15 is 0 Å². The highest BCUT2D eigenvalue weighted by Gasteiger charge is 2.46. The van der Waals surface area contributed by atoms with Gasteiger partial charge >= 0.3 is 0 Å². The summed E-state index contributed by atoms with van der Waals surface area (Å²) in [5.74, 6) is 0.536. The van der Waals surface area contributed by atoms with Crippen molar-refractivity contribution in [2.24, 2.45) is 0 Å². The Morgan fingerprint density at radius 1 is 1.08 bits per heavy atom. The molecule has 0 unspecified atom stereocenters. The van der Waals surface area contributed by atoms with Gasteiger partial charge in [-0.1, -0.05) is 12.1 Å². The molecule has 0 spiro atoms. The highest BCUT2D eigenvalue weighted by molar-refractivity contribution is 6.21. The van der Waals surface area contributed by atoms with E-state index in [-0.39, 0.29) is 24.3 Å². The second kappa shape index (κ2) is 6.84. The molecule has 0 saturated carbocycles. The minimum absolute atomic E-state index is 0.0833. The minimum atomic E-state index is -0.290. The summed E-state index contributed by atoms with van der Waals surface area (Å²) in [4.78, 5) is 38.7. The molecule has 7 heteroatoms. The van der Waals surface area contributed by atoms with E-state index in [9.17, 15) is 9.59 Å². The van der Waals surface area contributed by atoms with E-state index in [4.69, 9.17) is 0 Å². The highest BCUT2D eigenvalue weighted by Crippen LogP contribution is 2.23. The van der Waals surface area contributed by atoms with Gasteiger partial charge in [0.15, 0.2) is 6.04 Å². The molecule has 2 amide bonds. The van der Waals surface area contributed by atoms with Crippen LogP contribution in [0.15, 0.2) is 42.7 Å². The zero-order valence-corrected chi connectivity index (χ0v) is 14.8. The highest BCUT2D eigenvalue weighted by atomic mass is 16.2. The van der Waals surface area contributed by atoms with Gasteiger partial charge in [-0.25, -0.2) is 14.9 Å². The molecule has 2 saturated heterocycles. The van der Waals surface area contributed by atoms with Crippen molar-refractivity contribution in [3.05, 3.63) is 48.3 Å². The lowest BCUT2D eigenvalue weighted by molar-refractivity contribution is -0.915. The third kappa shape index (κ3) is 3.06. The molecule has 2 aromatic rings. The zero-order chi connectivity index (χ0) is 18.1. The summed E-state index contributed by atoms with van der Waals surface area (Å²) < 4.78 is 0. The second-order valence-electron chi connectivity index (χ2n) is 6.86. The standard InChI is InChI=1S/C19H21N5O2/c1-14-4-2-5-15(12-14)24-17(25)13-16(18(24)26)22-8-10-23(11-9-22)19-20-6-3-7-21-19/h2-7,12,16H,8-11,13H2,1H3/p+1/t16-/m1/s1. The van der Waals surface area contributed by atoms with E-state index in [1.165, 1.54) is 9.80 Å². The second-order valence-corrected chi connectivity index (χ2v) is 6.86. The topological polar surface area (TPSA) is 70.8 Å². The van der Waals surface area contributed by atoms with Crippen LogP contribution in [0.4, 0.5) is 11.6 Å². The van der Waals surface area contributed by atoms with Crippen LogP contribution < -0.4 is 14.7 Å². The van der Waals surface area contributed by atoms with Crippen molar-refractivity contribution >= 4 is 23.5 Å².